The monoisotopic (exact) mass is 307 g/mol. The summed E-state index contributed by atoms with van der Waals surface area (Å²) in [4.78, 5) is 18.6. The quantitative estimate of drug-likeness (QED) is 0.883. The summed E-state index contributed by atoms with van der Waals surface area (Å²) in [6.07, 6.45) is 1.04. The molecule has 1 aliphatic rings. The average Bonchev–Trinajstić information content (AvgIpc) is 2.62. The third kappa shape index (κ3) is 3.12. The van der Waals surface area contributed by atoms with E-state index in [1.165, 1.54) is 16.2 Å². The lowest BCUT2D eigenvalue weighted by Crippen LogP contribution is -2.28. The molecule has 0 atom stereocenters. The van der Waals surface area contributed by atoms with Gasteiger partial charge in [0, 0.05) is 33.7 Å². The Bertz CT molecular complexity index is 575. The molecular formula is C14H21N5OS. The average molecular weight is 307 g/mol. The topological polar surface area (TPSA) is 76.6 Å². The van der Waals surface area contributed by atoms with Crippen molar-refractivity contribution in [2.24, 2.45) is 0 Å². The fraction of sp³-hybridized carbons (Fsp3) is 0.571. The van der Waals surface area contributed by atoms with E-state index in [9.17, 15) is 10.1 Å². The van der Waals surface area contributed by atoms with Crippen LogP contribution in [0.2, 0.25) is 0 Å². The first-order valence-corrected chi connectivity index (χ1v) is 7.74. The van der Waals surface area contributed by atoms with E-state index < -0.39 is 0 Å². The van der Waals surface area contributed by atoms with Gasteiger partial charge in [-0.1, -0.05) is 0 Å². The number of likely N-dealkylation sites (N-methyl/N-ethyl adjacent to an activating group) is 1. The molecule has 0 bridgehead atoms. The molecule has 2 heterocycles. The Morgan fingerprint density at radius 1 is 1.33 bits per heavy atom. The van der Waals surface area contributed by atoms with Crippen molar-refractivity contribution in [3.63, 3.8) is 0 Å². The van der Waals surface area contributed by atoms with Crippen LogP contribution in [-0.2, 0) is 0 Å². The number of carbonyl (C=O) groups excluding carboxylic acids is 1. The second-order valence-electron chi connectivity index (χ2n) is 5.48. The molecule has 1 amide bonds. The molecule has 114 valence electrons. The Hall–Kier alpha value is -1.78. The van der Waals surface area contributed by atoms with E-state index in [1.54, 1.807) is 14.1 Å². The molecule has 0 unspecified atom stereocenters. The third-order valence-corrected chi connectivity index (χ3v) is 4.90. The molecule has 1 aliphatic heterocycles. The minimum absolute atomic E-state index is 0.146. The zero-order chi connectivity index (χ0) is 15.6. The highest BCUT2D eigenvalue weighted by atomic mass is 32.1. The van der Waals surface area contributed by atoms with Crippen molar-refractivity contribution in [1.29, 1.82) is 5.26 Å². The summed E-state index contributed by atoms with van der Waals surface area (Å²) in [6, 6.07) is 2.17. The van der Waals surface area contributed by atoms with Crippen LogP contribution in [0.25, 0.3) is 0 Å². The molecule has 0 radical (unpaired) electrons. The van der Waals surface area contributed by atoms with E-state index >= 15 is 0 Å². The molecule has 7 heteroatoms. The van der Waals surface area contributed by atoms with Gasteiger partial charge in [0.25, 0.3) is 5.91 Å². The number of amides is 1. The molecular weight excluding hydrogens is 286 g/mol. The first-order chi connectivity index (χ1) is 9.95. The largest absolute Gasteiger partial charge is 0.396 e. The van der Waals surface area contributed by atoms with Crippen LogP contribution in [-0.4, -0.2) is 63.0 Å². The zero-order valence-electron chi connectivity index (χ0n) is 12.7. The number of nitriles is 1. The molecule has 0 aliphatic carbocycles. The number of thiophene rings is 1. The minimum atomic E-state index is -0.146. The van der Waals surface area contributed by atoms with Crippen LogP contribution in [0, 0.1) is 11.3 Å². The summed E-state index contributed by atoms with van der Waals surface area (Å²) in [5.41, 5.74) is 6.78. The highest BCUT2D eigenvalue weighted by Crippen LogP contribution is 2.38. The maximum atomic E-state index is 12.2. The molecule has 1 saturated heterocycles. The van der Waals surface area contributed by atoms with Crippen molar-refractivity contribution in [3.8, 4) is 6.07 Å². The van der Waals surface area contributed by atoms with Crippen molar-refractivity contribution >= 4 is 27.9 Å². The molecule has 1 aromatic heterocycles. The molecule has 1 aromatic rings. The van der Waals surface area contributed by atoms with Crippen molar-refractivity contribution in [1.82, 2.24) is 9.80 Å². The summed E-state index contributed by atoms with van der Waals surface area (Å²) < 4.78 is 0. The van der Waals surface area contributed by atoms with Crippen LogP contribution in [0.3, 0.4) is 0 Å². The van der Waals surface area contributed by atoms with Gasteiger partial charge >= 0.3 is 0 Å². The lowest BCUT2D eigenvalue weighted by molar-refractivity contribution is 0.0833. The second-order valence-corrected chi connectivity index (χ2v) is 6.48. The van der Waals surface area contributed by atoms with Crippen LogP contribution in [0.15, 0.2) is 0 Å². The van der Waals surface area contributed by atoms with Gasteiger partial charge in [0.2, 0.25) is 0 Å². The third-order valence-electron chi connectivity index (χ3n) is 3.65. The van der Waals surface area contributed by atoms with Gasteiger partial charge in [-0.2, -0.15) is 5.26 Å². The fourth-order valence-corrected chi connectivity index (χ4v) is 3.62. The lowest BCUT2D eigenvalue weighted by atomic mass is 10.2. The Morgan fingerprint density at radius 3 is 2.67 bits per heavy atom. The zero-order valence-corrected chi connectivity index (χ0v) is 13.5. The molecule has 0 aromatic carbocycles. The van der Waals surface area contributed by atoms with Crippen molar-refractivity contribution in [2.75, 3.05) is 58.0 Å². The van der Waals surface area contributed by atoms with Crippen LogP contribution < -0.4 is 10.6 Å². The highest BCUT2D eigenvalue weighted by molar-refractivity contribution is 7.19. The first-order valence-electron chi connectivity index (χ1n) is 6.93. The van der Waals surface area contributed by atoms with Crippen LogP contribution in [0.1, 0.15) is 21.7 Å². The Balaban J connectivity index is 2.37. The fourth-order valence-electron chi connectivity index (χ4n) is 2.37. The predicted molar refractivity (Wildman–Crippen MR) is 85.8 cm³/mol. The Morgan fingerprint density at radius 2 is 2.05 bits per heavy atom. The van der Waals surface area contributed by atoms with Crippen LogP contribution >= 0.6 is 11.3 Å². The van der Waals surface area contributed by atoms with Gasteiger partial charge in [0.1, 0.15) is 21.5 Å². The van der Waals surface area contributed by atoms with Crippen LogP contribution in [0.5, 0.6) is 0 Å². The van der Waals surface area contributed by atoms with E-state index in [1.807, 2.05) is 0 Å². The number of hydrogen-bond acceptors (Lipinski definition) is 6. The SMILES string of the molecule is CN1CCCN(c2sc(C(=O)N(C)C)c(N)c2C#N)CC1. The number of rotatable bonds is 2. The summed E-state index contributed by atoms with van der Waals surface area (Å²) in [5.74, 6) is -0.146. The predicted octanol–water partition coefficient (Wildman–Crippen LogP) is 1.05. The maximum absolute atomic E-state index is 12.2. The van der Waals surface area contributed by atoms with E-state index in [0.717, 1.165) is 37.6 Å². The standard InChI is InChI=1S/C14H21N5OS/c1-17(2)13(20)12-11(16)10(9-15)14(21-12)19-6-4-5-18(3)7-8-19/h4-8,16H2,1-3H3. The molecule has 2 rings (SSSR count). The van der Waals surface area contributed by atoms with E-state index in [4.69, 9.17) is 5.73 Å². The smallest absolute Gasteiger partial charge is 0.265 e. The van der Waals surface area contributed by atoms with E-state index in [2.05, 4.69) is 22.9 Å². The number of carbonyl (C=O) groups is 1. The van der Waals surface area contributed by atoms with Gasteiger partial charge in [0.05, 0.1) is 5.69 Å². The number of nitrogen functional groups attached to an aromatic ring is 1. The summed E-state index contributed by atoms with van der Waals surface area (Å²) in [7, 11) is 5.47. The van der Waals surface area contributed by atoms with Gasteiger partial charge in [-0.15, -0.1) is 11.3 Å². The number of nitrogens with zero attached hydrogens (tertiary/aromatic N) is 4. The molecule has 1 fully saturated rings. The van der Waals surface area contributed by atoms with Crippen LogP contribution in [0.4, 0.5) is 10.7 Å². The molecule has 2 N–H and O–H groups in total. The highest BCUT2D eigenvalue weighted by Gasteiger charge is 2.26. The second kappa shape index (κ2) is 6.33. The van der Waals surface area contributed by atoms with Gasteiger partial charge in [0.15, 0.2) is 0 Å². The molecule has 6 nitrogen and oxygen atoms in total. The number of anilines is 2. The minimum Gasteiger partial charge on any atom is -0.396 e. The Kier molecular flexibility index (Phi) is 4.70. The van der Waals surface area contributed by atoms with Crippen molar-refractivity contribution in [2.45, 2.75) is 6.42 Å². The normalized spacial score (nSPS) is 16.4. The summed E-state index contributed by atoms with van der Waals surface area (Å²) >= 11 is 1.33. The number of nitrogens with two attached hydrogens (primary N) is 1. The summed E-state index contributed by atoms with van der Waals surface area (Å²) in [6.45, 7) is 3.72. The van der Waals surface area contributed by atoms with E-state index in [0.29, 0.717) is 16.1 Å². The molecule has 0 spiro atoms. The van der Waals surface area contributed by atoms with Gasteiger partial charge in [-0.3, -0.25) is 4.79 Å². The van der Waals surface area contributed by atoms with Crippen molar-refractivity contribution < 1.29 is 4.79 Å². The van der Waals surface area contributed by atoms with E-state index in [-0.39, 0.29) is 5.91 Å². The lowest BCUT2D eigenvalue weighted by Gasteiger charge is -2.21. The molecule has 21 heavy (non-hydrogen) atoms. The van der Waals surface area contributed by atoms with Crippen molar-refractivity contribution in [3.05, 3.63) is 10.4 Å². The van der Waals surface area contributed by atoms with Gasteiger partial charge in [-0.05, 0) is 20.0 Å². The Labute approximate surface area is 129 Å². The maximum Gasteiger partial charge on any atom is 0.265 e. The van der Waals surface area contributed by atoms with Gasteiger partial charge < -0.3 is 20.4 Å². The number of hydrogen-bond donors (Lipinski definition) is 1. The summed E-state index contributed by atoms with van der Waals surface area (Å²) in [5, 5.41) is 10.2. The molecule has 0 saturated carbocycles. The first kappa shape index (κ1) is 15.6. The van der Waals surface area contributed by atoms with Gasteiger partial charge in [-0.25, -0.2) is 0 Å².